The minimum atomic E-state index is -1.22. The third-order valence-electron chi connectivity index (χ3n) is 4.17. The number of hydrogen-bond acceptors (Lipinski definition) is 6. The van der Waals surface area contributed by atoms with Gasteiger partial charge >= 0.3 is 12.0 Å². The Morgan fingerprint density at radius 3 is 2.50 bits per heavy atom. The molecule has 0 aliphatic carbocycles. The van der Waals surface area contributed by atoms with Crippen molar-refractivity contribution in [3.63, 3.8) is 0 Å². The largest absolute Gasteiger partial charge is 0.490 e. The Morgan fingerprint density at radius 2 is 1.88 bits per heavy atom. The molecule has 2 N–H and O–H groups in total. The molecule has 11 heteroatoms. The van der Waals surface area contributed by atoms with Crippen LogP contribution in [0.15, 0.2) is 42.0 Å². The number of carbonyl (C=O) groups is 4. The van der Waals surface area contributed by atoms with E-state index in [-0.39, 0.29) is 40.0 Å². The van der Waals surface area contributed by atoms with Crippen molar-refractivity contribution >= 4 is 47.2 Å². The highest BCUT2D eigenvalue weighted by molar-refractivity contribution is 6.39. The lowest BCUT2D eigenvalue weighted by molar-refractivity contribution is -0.139. The average molecular weight is 463 g/mol. The summed E-state index contributed by atoms with van der Waals surface area (Å²) in [4.78, 5) is 48.9. The second kappa shape index (κ2) is 9.48. The summed E-state index contributed by atoms with van der Waals surface area (Å²) in [5.74, 6) is -3.55. The van der Waals surface area contributed by atoms with Crippen LogP contribution in [0.1, 0.15) is 12.5 Å². The van der Waals surface area contributed by atoms with Crippen LogP contribution in [0.2, 0.25) is 5.02 Å². The number of urea groups is 1. The Morgan fingerprint density at radius 1 is 1.19 bits per heavy atom. The molecule has 0 saturated carbocycles. The molecule has 1 heterocycles. The fourth-order valence-electron chi connectivity index (χ4n) is 2.86. The van der Waals surface area contributed by atoms with Crippen LogP contribution < -0.4 is 19.7 Å². The second-order valence-corrected chi connectivity index (χ2v) is 6.79. The van der Waals surface area contributed by atoms with Gasteiger partial charge in [0.1, 0.15) is 11.4 Å². The van der Waals surface area contributed by atoms with Gasteiger partial charge in [0.15, 0.2) is 18.1 Å². The highest BCUT2D eigenvalue weighted by Crippen LogP contribution is 2.37. The zero-order valence-electron chi connectivity index (χ0n) is 16.6. The fraction of sp³-hybridized carbons (Fsp3) is 0.143. The number of amides is 4. The Balaban J connectivity index is 2.00. The number of rotatable bonds is 7. The Labute approximate surface area is 186 Å². The maximum absolute atomic E-state index is 13.2. The monoisotopic (exact) mass is 462 g/mol. The molecule has 9 nitrogen and oxygen atoms in total. The minimum Gasteiger partial charge on any atom is -0.490 e. The van der Waals surface area contributed by atoms with Gasteiger partial charge in [0, 0.05) is 0 Å². The number of halogens is 2. The van der Waals surface area contributed by atoms with Crippen molar-refractivity contribution in [3.05, 3.63) is 58.4 Å². The lowest BCUT2D eigenvalue weighted by atomic mass is 10.1. The normalized spacial score (nSPS) is 15.0. The average Bonchev–Trinajstić information content (AvgIpc) is 2.72. The quantitative estimate of drug-likeness (QED) is 0.479. The number of barbiturate groups is 1. The zero-order chi connectivity index (χ0) is 23.4. The van der Waals surface area contributed by atoms with Crippen LogP contribution in [-0.4, -0.2) is 42.1 Å². The summed E-state index contributed by atoms with van der Waals surface area (Å²) >= 11 is 6.19. The van der Waals surface area contributed by atoms with Gasteiger partial charge in [0.2, 0.25) is 0 Å². The topological polar surface area (TPSA) is 122 Å². The molecule has 2 aromatic rings. The Kier molecular flexibility index (Phi) is 6.74. The number of nitrogens with one attached hydrogen (secondary N) is 1. The molecule has 0 bridgehead atoms. The van der Waals surface area contributed by atoms with E-state index in [9.17, 15) is 23.6 Å². The lowest BCUT2D eigenvalue weighted by Crippen LogP contribution is -2.54. The van der Waals surface area contributed by atoms with Gasteiger partial charge in [0.25, 0.3) is 11.8 Å². The van der Waals surface area contributed by atoms with Gasteiger partial charge in [-0.2, -0.15) is 0 Å². The molecule has 0 spiro atoms. The predicted octanol–water partition coefficient (Wildman–Crippen LogP) is 3.01. The van der Waals surface area contributed by atoms with Crippen molar-refractivity contribution in [2.45, 2.75) is 6.92 Å². The molecule has 1 aliphatic heterocycles. The molecule has 0 unspecified atom stereocenters. The summed E-state index contributed by atoms with van der Waals surface area (Å²) in [6.07, 6.45) is 1.19. The predicted molar refractivity (Wildman–Crippen MR) is 111 cm³/mol. The maximum Gasteiger partial charge on any atom is 0.341 e. The van der Waals surface area contributed by atoms with Crippen molar-refractivity contribution in [1.82, 2.24) is 5.32 Å². The van der Waals surface area contributed by atoms with Gasteiger partial charge in [-0.1, -0.05) is 11.6 Å². The molecule has 0 radical (unpaired) electrons. The van der Waals surface area contributed by atoms with E-state index in [1.807, 2.05) is 0 Å². The summed E-state index contributed by atoms with van der Waals surface area (Å²) < 4.78 is 23.8. The summed E-state index contributed by atoms with van der Waals surface area (Å²) in [6, 6.07) is 6.35. The number of nitrogens with zero attached hydrogens (tertiary/aromatic N) is 1. The van der Waals surface area contributed by atoms with E-state index >= 15 is 0 Å². The van der Waals surface area contributed by atoms with E-state index in [4.69, 9.17) is 26.2 Å². The fourth-order valence-corrected chi connectivity index (χ4v) is 3.13. The van der Waals surface area contributed by atoms with Crippen LogP contribution in [0.5, 0.6) is 11.5 Å². The molecule has 2 aromatic carbocycles. The van der Waals surface area contributed by atoms with Crippen LogP contribution in [0.3, 0.4) is 0 Å². The van der Waals surface area contributed by atoms with Crippen LogP contribution in [0, 0.1) is 5.82 Å². The van der Waals surface area contributed by atoms with E-state index in [0.717, 1.165) is 12.1 Å². The summed E-state index contributed by atoms with van der Waals surface area (Å²) in [5, 5.41) is 10.9. The molecule has 3 rings (SSSR count). The van der Waals surface area contributed by atoms with Crippen molar-refractivity contribution in [2.75, 3.05) is 18.1 Å². The van der Waals surface area contributed by atoms with Crippen LogP contribution in [0.25, 0.3) is 6.08 Å². The molecule has 32 heavy (non-hydrogen) atoms. The van der Waals surface area contributed by atoms with Crippen LogP contribution in [-0.2, 0) is 14.4 Å². The molecule has 166 valence electrons. The summed E-state index contributed by atoms with van der Waals surface area (Å²) in [6.45, 7) is 1.23. The first-order chi connectivity index (χ1) is 15.2. The first-order valence-corrected chi connectivity index (χ1v) is 9.57. The molecular weight excluding hydrogens is 447 g/mol. The number of carbonyl (C=O) groups excluding carboxylic acids is 3. The van der Waals surface area contributed by atoms with E-state index in [0.29, 0.717) is 4.90 Å². The van der Waals surface area contributed by atoms with Gasteiger partial charge in [-0.25, -0.2) is 18.9 Å². The van der Waals surface area contributed by atoms with Gasteiger partial charge in [-0.05, 0) is 55.0 Å². The van der Waals surface area contributed by atoms with Crippen molar-refractivity contribution in [1.29, 1.82) is 0 Å². The maximum atomic E-state index is 13.2. The van der Waals surface area contributed by atoms with E-state index in [2.05, 4.69) is 5.32 Å². The summed E-state index contributed by atoms with van der Waals surface area (Å²) in [5.41, 5.74) is -0.0579. The van der Waals surface area contributed by atoms with Gasteiger partial charge in [-0.3, -0.25) is 14.9 Å². The smallest absolute Gasteiger partial charge is 0.341 e. The summed E-state index contributed by atoms with van der Waals surface area (Å²) in [7, 11) is 0. The van der Waals surface area contributed by atoms with Gasteiger partial charge in [-0.15, -0.1) is 0 Å². The number of aliphatic carboxylic acids is 1. The highest BCUT2D eigenvalue weighted by atomic mass is 35.5. The number of benzene rings is 2. The molecule has 4 amide bonds. The van der Waals surface area contributed by atoms with E-state index in [1.165, 1.54) is 30.3 Å². The number of ether oxygens (including phenoxy) is 2. The van der Waals surface area contributed by atoms with Gasteiger partial charge < -0.3 is 14.6 Å². The first kappa shape index (κ1) is 22.8. The lowest BCUT2D eigenvalue weighted by Gasteiger charge is -2.26. The second-order valence-electron chi connectivity index (χ2n) is 6.38. The molecule has 0 aromatic heterocycles. The number of anilines is 1. The van der Waals surface area contributed by atoms with Crippen LogP contribution >= 0.6 is 11.6 Å². The molecule has 0 atom stereocenters. The number of carboxylic acid groups (broad SMARTS) is 1. The minimum absolute atomic E-state index is 0.0133. The van der Waals surface area contributed by atoms with Crippen molar-refractivity contribution < 1.29 is 38.1 Å². The molecule has 1 fully saturated rings. The third kappa shape index (κ3) is 4.86. The number of carboxylic acids is 1. The number of hydrogen-bond donors (Lipinski definition) is 2. The van der Waals surface area contributed by atoms with Crippen molar-refractivity contribution in [2.24, 2.45) is 0 Å². The Bertz CT molecular complexity index is 1130. The van der Waals surface area contributed by atoms with E-state index in [1.54, 1.807) is 6.92 Å². The van der Waals surface area contributed by atoms with Crippen molar-refractivity contribution in [3.8, 4) is 11.5 Å². The third-order valence-corrected chi connectivity index (χ3v) is 4.45. The van der Waals surface area contributed by atoms with E-state index < -0.39 is 36.2 Å². The Hall–Kier alpha value is -3.92. The number of imide groups is 2. The standard InChI is InChI=1S/C21H16ClFN2O7/c1-2-31-16-9-11(8-15(22)18(16)32-10-17(26)27)7-14-19(28)24-21(30)25(20(14)29)13-5-3-12(23)4-6-13/h3-9H,2,10H2,1H3,(H,26,27)(H,24,28,30)/b14-7+. The first-order valence-electron chi connectivity index (χ1n) is 9.19. The molecular formula is C21H16ClFN2O7. The zero-order valence-corrected chi connectivity index (χ0v) is 17.3. The molecule has 1 aliphatic rings. The molecule has 1 saturated heterocycles. The highest BCUT2D eigenvalue weighted by Gasteiger charge is 2.36. The SMILES string of the molecule is CCOc1cc(/C=C2\C(=O)NC(=O)N(c3ccc(F)cc3)C2=O)cc(Cl)c1OCC(=O)O. The van der Waals surface area contributed by atoms with Gasteiger partial charge in [0.05, 0.1) is 17.3 Å². The van der Waals surface area contributed by atoms with Crippen LogP contribution in [0.4, 0.5) is 14.9 Å².